The number of carboxylic acids is 1. The predicted molar refractivity (Wildman–Crippen MR) is 113 cm³/mol. The summed E-state index contributed by atoms with van der Waals surface area (Å²) in [4.78, 5) is 35.9. The number of pyridine rings is 1. The molecule has 1 aliphatic rings. The number of rotatable bonds is 6. The summed E-state index contributed by atoms with van der Waals surface area (Å²) in [5.74, 6) is -0.936. The fourth-order valence-electron chi connectivity index (χ4n) is 3.26. The Morgan fingerprint density at radius 1 is 1.27 bits per heavy atom. The lowest BCUT2D eigenvalue weighted by Crippen LogP contribution is -2.41. The Morgan fingerprint density at radius 2 is 2.00 bits per heavy atom. The standard InChI is InChI=1S/C19H25N5O2.C2HF3O2/c1-14-22-17(16-7-3-4-8-20-16)10-18(23-14)21-11-15-6-5-9-24(12-15)13-19(25)26-2;3-2(4,5)1(6)7/h3-4,7-8,10,15H,5-6,9,11-13H2,1-2H3,(H,21,22,23);(H,6,7). The van der Waals surface area contributed by atoms with Crippen LogP contribution in [0.2, 0.25) is 0 Å². The number of halogens is 3. The Balaban J connectivity index is 0.000000479. The maximum Gasteiger partial charge on any atom is 0.490 e. The summed E-state index contributed by atoms with van der Waals surface area (Å²) in [6.07, 6.45) is -1.09. The highest BCUT2D eigenvalue weighted by atomic mass is 19.4. The third-order valence-electron chi connectivity index (χ3n) is 4.76. The van der Waals surface area contributed by atoms with Crippen molar-refractivity contribution in [1.29, 1.82) is 0 Å². The first-order chi connectivity index (χ1) is 15.6. The van der Waals surface area contributed by atoms with E-state index in [-0.39, 0.29) is 5.97 Å². The lowest BCUT2D eigenvalue weighted by molar-refractivity contribution is -0.192. The Morgan fingerprint density at radius 3 is 2.61 bits per heavy atom. The van der Waals surface area contributed by atoms with Gasteiger partial charge in [0, 0.05) is 25.4 Å². The van der Waals surface area contributed by atoms with Gasteiger partial charge in [0.1, 0.15) is 11.6 Å². The number of carbonyl (C=O) groups excluding carboxylic acids is 1. The van der Waals surface area contributed by atoms with Crippen molar-refractivity contribution in [3.8, 4) is 11.4 Å². The van der Waals surface area contributed by atoms with E-state index < -0.39 is 12.1 Å². The molecular formula is C21H26F3N5O4. The molecule has 9 nitrogen and oxygen atoms in total. The van der Waals surface area contributed by atoms with Crippen molar-refractivity contribution < 1.29 is 32.6 Å². The van der Waals surface area contributed by atoms with Crippen LogP contribution in [0.1, 0.15) is 18.7 Å². The molecule has 12 heteroatoms. The van der Waals surface area contributed by atoms with Crippen LogP contribution in [-0.4, -0.2) is 76.4 Å². The molecule has 0 amide bonds. The van der Waals surface area contributed by atoms with Gasteiger partial charge < -0.3 is 15.2 Å². The fraction of sp³-hybridized carbons (Fsp3) is 0.476. The van der Waals surface area contributed by atoms with E-state index in [0.29, 0.717) is 18.3 Å². The summed E-state index contributed by atoms with van der Waals surface area (Å²) >= 11 is 0. The first-order valence-electron chi connectivity index (χ1n) is 10.2. The van der Waals surface area contributed by atoms with Crippen molar-refractivity contribution in [2.24, 2.45) is 5.92 Å². The van der Waals surface area contributed by atoms with Crippen LogP contribution in [0, 0.1) is 12.8 Å². The zero-order valence-corrected chi connectivity index (χ0v) is 18.3. The van der Waals surface area contributed by atoms with Gasteiger partial charge in [0.25, 0.3) is 0 Å². The molecule has 33 heavy (non-hydrogen) atoms. The van der Waals surface area contributed by atoms with Crippen molar-refractivity contribution in [2.75, 3.05) is 38.6 Å². The highest BCUT2D eigenvalue weighted by molar-refractivity contribution is 5.73. The number of piperidine rings is 1. The number of likely N-dealkylation sites (tertiary alicyclic amines) is 1. The second-order valence-electron chi connectivity index (χ2n) is 7.40. The van der Waals surface area contributed by atoms with Gasteiger partial charge in [-0.1, -0.05) is 6.07 Å². The van der Waals surface area contributed by atoms with Crippen LogP contribution in [0.5, 0.6) is 0 Å². The summed E-state index contributed by atoms with van der Waals surface area (Å²) in [6, 6.07) is 7.71. The highest BCUT2D eigenvalue weighted by Crippen LogP contribution is 2.20. The monoisotopic (exact) mass is 469 g/mol. The normalized spacial score (nSPS) is 16.3. The molecule has 180 valence electrons. The molecule has 0 bridgehead atoms. The zero-order valence-electron chi connectivity index (χ0n) is 18.3. The van der Waals surface area contributed by atoms with Gasteiger partial charge in [-0.3, -0.25) is 14.7 Å². The van der Waals surface area contributed by atoms with Crippen LogP contribution in [0.25, 0.3) is 11.4 Å². The molecule has 3 heterocycles. The number of carbonyl (C=O) groups is 2. The van der Waals surface area contributed by atoms with Crippen LogP contribution >= 0.6 is 0 Å². The smallest absolute Gasteiger partial charge is 0.475 e. The van der Waals surface area contributed by atoms with E-state index >= 15 is 0 Å². The van der Waals surface area contributed by atoms with Crippen molar-refractivity contribution in [3.05, 3.63) is 36.3 Å². The summed E-state index contributed by atoms with van der Waals surface area (Å²) in [5, 5.41) is 10.6. The molecule has 1 fully saturated rings. The number of ether oxygens (including phenoxy) is 1. The first kappa shape index (κ1) is 26.0. The molecule has 0 aliphatic carbocycles. The molecule has 1 aliphatic heterocycles. The number of aliphatic carboxylic acids is 1. The number of anilines is 1. The van der Waals surface area contributed by atoms with Crippen LogP contribution in [0.4, 0.5) is 19.0 Å². The predicted octanol–water partition coefficient (Wildman–Crippen LogP) is 2.78. The number of hydrogen-bond acceptors (Lipinski definition) is 8. The van der Waals surface area contributed by atoms with Crippen LogP contribution in [-0.2, 0) is 14.3 Å². The third-order valence-corrected chi connectivity index (χ3v) is 4.76. The summed E-state index contributed by atoms with van der Waals surface area (Å²) in [5.41, 5.74) is 1.65. The number of nitrogens with zero attached hydrogens (tertiary/aromatic N) is 4. The minimum Gasteiger partial charge on any atom is -0.475 e. The van der Waals surface area contributed by atoms with Crippen molar-refractivity contribution in [2.45, 2.75) is 25.9 Å². The maximum atomic E-state index is 11.5. The molecule has 2 aromatic rings. The van der Waals surface area contributed by atoms with E-state index in [1.165, 1.54) is 7.11 Å². The fourth-order valence-corrected chi connectivity index (χ4v) is 3.26. The number of aromatic nitrogens is 3. The van der Waals surface area contributed by atoms with E-state index in [1.807, 2.05) is 31.2 Å². The number of carboxylic acid groups (broad SMARTS) is 1. The summed E-state index contributed by atoms with van der Waals surface area (Å²) in [7, 11) is 1.43. The minimum atomic E-state index is -5.08. The molecule has 0 saturated carbocycles. The van der Waals surface area contributed by atoms with Gasteiger partial charge in [0.05, 0.1) is 25.0 Å². The van der Waals surface area contributed by atoms with E-state index in [1.54, 1.807) is 6.20 Å². The maximum absolute atomic E-state index is 11.5. The van der Waals surface area contributed by atoms with Gasteiger partial charge >= 0.3 is 18.1 Å². The lowest BCUT2D eigenvalue weighted by atomic mass is 9.98. The first-order valence-corrected chi connectivity index (χ1v) is 10.2. The number of alkyl halides is 3. The summed E-state index contributed by atoms with van der Waals surface area (Å²) < 4.78 is 36.5. The Kier molecular flexibility index (Phi) is 9.52. The number of nitrogens with one attached hydrogen (secondary N) is 1. The molecule has 0 aromatic carbocycles. The molecule has 1 saturated heterocycles. The molecule has 1 atom stereocenters. The lowest BCUT2D eigenvalue weighted by Gasteiger charge is -2.32. The zero-order chi connectivity index (χ0) is 24.4. The SMILES string of the molecule is COC(=O)CN1CCCC(CNc2cc(-c3ccccn3)nc(C)n2)C1.O=C(O)C(F)(F)F. The minimum absolute atomic E-state index is 0.176. The summed E-state index contributed by atoms with van der Waals surface area (Å²) in [6.45, 7) is 4.90. The van der Waals surface area contributed by atoms with Crippen LogP contribution in [0.3, 0.4) is 0 Å². The van der Waals surface area contributed by atoms with Gasteiger partial charge in [-0.25, -0.2) is 14.8 Å². The van der Waals surface area contributed by atoms with Gasteiger partial charge in [0.2, 0.25) is 0 Å². The average Bonchev–Trinajstić information content (AvgIpc) is 2.78. The van der Waals surface area contributed by atoms with E-state index in [9.17, 15) is 18.0 Å². The Hall–Kier alpha value is -3.28. The van der Waals surface area contributed by atoms with Crippen molar-refractivity contribution >= 4 is 17.8 Å². The van der Waals surface area contributed by atoms with Gasteiger partial charge in [-0.2, -0.15) is 13.2 Å². The number of aryl methyl sites for hydroxylation is 1. The topological polar surface area (TPSA) is 118 Å². The largest absolute Gasteiger partial charge is 0.490 e. The quantitative estimate of drug-likeness (QED) is 0.616. The second-order valence-corrected chi connectivity index (χ2v) is 7.40. The van der Waals surface area contributed by atoms with Crippen LogP contribution < -0.4 is 5.32 Å². The number of hydrogen-bond donors (Lipinski definition) is 2. The Bertz CT molecular complexity index is 928. The van der Waals surface area contributed by atoms with Gasteiger partial charge in [-0.15, -0.1) is 0 Å². The molecule has 3 rings (SSSR count). The van der Waals surface area contributed by atoms with E-state index in [0.717, 1.165) is 49.7 Å². The average molecular weight is 469 g/mol. The molecule has 2 aromatic heterocycles. The highest BCUT2D eigenvalue weighted by Gasteiger charge is 2.38. The second kappa shape index (κ2) is 12.1. The van der Waals surface area contributed by atoms with E-state index in [4.69, 9.17) is 14.6 Å². The van der Waals surface area contributed by atoms with Crippen molar-refractivity contribution in [3.63, 3.8) is 0 Å². The van der Waals surface area contributed by atoms with E-state index in [2.05, 4.69) is 25.2 Å². The van der Waals surface area contributed by atoms with Crippen molar-refractivity contribution in [1.82, 2.24) is 19.9 Å². The number of esters is 1. The third kappa shape index (κ3) is 9.00. The molecule has 0 radical (unpaired) electrons. The molecule has 0 spiro atoms. The molecule has 2 N–H and O–H groups in total. The Labute approximate surface area is 189 Å². The number of methoxy groups -OCH3 is 1. The molecule has 1 unspecified atom stereocenters. The molecular weight excluding hydrogens is 443 g/mol. The van der Waals surface area contributed by atoms with Crippen LogP contribution in [0.15, 0.2) is 30.5 Å². The van der Waals surface area contributed by atoms with Gasteiger partial charge in [-0.05, 0) is 44.4 Å². The van der Waals surface area contributed by atoms with Gasteiger partial charge in [0.15, 0.2) is 0 Å².